The SMILES string of the molecule is Cc1ccccc1-c1cc(NCc2cccs2)n(CCO)n1. The molecule has 0 unspecified atom stereocenters. The Labute approximate surface area is 134 Å². The Morgan fingerprint density at radius 3 is 2.82 bits per heavy atom. The van der Waals surface area contributed by atoms with Gasteiger partial charge in [-0.15, -0.1) is 11.3 Å². The molecule has 0 amide bonds. The van der Waals surface area contributed by atoms with E-state index in [-0.39, 0.29) is 6.61 Å². The summed E-state index contributed by atoms with van der Waals surface area (Å²) in [6, 6.07) is 14.4. The number of thiophene rings is 1. The maximum absolute atomic E-state index is 9.24. The van der Waals surface area contributed by atoms with E-state index in [1.165, 1.54) is 10.4 Å². The highest BCUT2D eigenvalue weighted by atomic mass is 32.1. The van der Waals surface area contributed by atoms with E-state index in [2.05, 4.69) is 40.9 Å². The van der Waals surface area contributed by atoms with Gasteiger partial charge in [0.05, 0.1) is 25.4 Å². The zero-order valence-electron chi connectivity index (χ0n) is 12.5. The van der Waals surface area contributed by atoms with Crippen molar-refractivity contribution in [2.45, 2.75) is 20.0 Å². The van der Waals surface area contributed by atoms with E-state index in [1.807, 2.05) is 28.9 Å². The Bertz CT molecular complexity index is 734. The minimum atomic E-state index is 0.0720. The highest BCUT2D eigenvalue weighted by Gasteiger charge is 2.11. The van der Waals surface area contributed by atoms with Gasteiger partial charge in [0.1, 0.15) is 5.82 Å². The maximum Gasteiger partial charge on any atom is 0.125 e. The van der Waals surface area contributed by atoms with Crippen LogP contribution < -0.4 is 5.32 Å². The second-order valence-corrected chi connectivity index (χ2v) is 6.14. The van der Waals surface area contributed by atoms with Crippen molar-refractivity contribution in [2.24, 2.45) is 0 Å². The summed E-state index contributed by atoms with van der Waals surface area (Å²) in [5.74, 6) is 0.931. The minimum Gasteiger partial charge on any atom is -0.394 e. The van der Waals surface area contributed by atoms with E-state index in [1.54, 1.807) is 11.3 Å². The zero-order chi connectivity index (χ0) is 15.4. The third-order valence-electron chi connectivity index (χ3n) is 3.54. The highest BCUT2D eigenvalue weighted by Crippen LogP contribution is 2.25. The van der Waals surface area contributed by atoms with Gasteiger partial charge in [0.25, 0.3) is 0 Å². The Hall–Kier alpha value is -2.11. The summed E-state index contributed by atoms with van der Waals surface area (Å²) >= 11 is 1.73. The summed E-state index contributed by atoms with van der Waals surface area (Å²) in [5.41, 5.74) is 3.25. The molecule has 0 aliphatic carbocycles. The number of nitrogens with zero attached hydrogens (tertiary/aromatic N) is 2. The van der Waals surface area contributed by atoms with Crippen LogP contribution in [0.4, 0.5) is 5.82 Å². The van der Waals surface area contributed by atoms with Gasteiger partial charge in [0.15, 0.2) is 0 Å². The first-order valence-corrected chi connectivity index (χ1v) is 8.17. The number of benzene rings is 1. The number of hydrogen-bond acceptors (Lipinski definition) is 4. The fraction of sp³-hybridized carbons (Fsp3) is 0.235. The molecule has 2 heterocycles. The molecule has 5 heteroatoms. The lowest BCUT2D eigenvalue weighted by Gasteiger charge is -2.07. The molecule has 0 fully saturated rings. The van der Waals surface area contributed by atoms with Crippen LogP contribution in [-0.2, 0) is 13.1 Å². The van der Waals surface area contributed by atoms with E-state index in [9.17, 15) is 5.11 Å². The molecule has 22 heavy (non-hydrogen) atoms. The van der Waals surface area contributed by atoms with Crippen molar-refractivity contribution in [3.8, 4) is 11.3 Å². The summed E-state index contributed by atoms with van der Waals surface area (Å²) in [6.07, 6.45) is 0. The number of rotatable bonds is 6. The van der Waals surface area contributed by atoms with E-state index >= 15 is 0 Å². The number of anilines is 1. The lowest BCUT2D eigenvalue weighted by Crippen LogP contribution is -2.09. The number of aromatic nitrogens is 2. The van der Waals surface area contributed by atoms with E-state index in [0.29, 0.717) is 6.54 Å². The molecule has 2 aromatic heterocycles. The average molecular weight is 313 g/mol. The summed E-state index contributed by atoms with van der Waals surface area (Å²) < 4.78 is 1.83. The molecule has 1 aromatic carbocycles. The van der Waals surface area contributed by atoms with Crippen LogP contribution in [0.25, 0.3) is 11.3 Å². The van der Waals surface area contributed by atoms with Crippen LogP contribution in [0.5, 0.6) is 0 Å². The van der Waals surface area contributed by atoms with Crippen LogP contribution in [0.3, 0.4) is 0 Å². The summed E-state index contributed by atoms with van der Waals surface area (Å²) in [7, 11) is 0. The Morgan fingerprint density at radius 1 is 1.23 bits per heavy atom. The first-order valence-electron chi connectivity index (χ1n) is 7.29. The van der Waals surface area contributed by atoms with Crippen molar-refractivity contribution in [1.82, 2.24) is 9.78 Å². The van der Waals surface area contributed by atoms with Crippen LogP contribution in [0.1, 0.15) is 10.4 Å². The fourth-order valence-corrected chi connectivity index (χ4v) is 3.05. The third kappa shape index (κ3) is 3.21. The van der Waals surface area contributed by atoms with Crippen molar-refractivity contribution in [1.29, 1.82) is 0 Å². The highest BCUT2D eigenvalue weighted by molar-refractivity contribution is 7.09. The van der Waals surface area contributed by atoms with Crippen LogP contribution in [0.2, 0.25) is 0 Å². The summed E-state index contributed by atoms with van der Waals surface area (Å²) in [6.45, 7) is 3.41. The molecule has 0 atom stereocenters. The standard InChI is InChI=1S/C17H19N3OS/c1-13-5-2-3-7-15(13)16-11-17(20(19-16)8-9-21)18-12-14-6-4-10-22-14/h2-7,10-11,18,21H,8-9,12H2,1H3. The van der Waals surface area contributed by atoms with Crippen molar-refractivity contribution in [3.05, 3.63) is 58.3 Å². The van der Waals surface area contributed by atoms with Gasteiger partial charge in [0, 0.05) is 16.5 Å². The molecule has 3 aromatic rings. The van der Waals surface area contributed by atoms with Crippen molar-refractivity contribution in [2.75, 3.05) is 11.9 Å². The van der Waals surface area contributed by atoms with Gasteiger partial charge in [-0.3, -0.25) is 0 Å². The van der Waals surface area contributed by atoms with E-state index < -0.39 is 0 Å². The predicted octanol–water partition coefficient (Wildman–Crippen LogP) is 3.52. The van der Waals surface area contributed by atoms with Gasteiger partial charge < -0.3 is 10.4 Å². The van der Waals surface area contributed by atoms with Gasteiger partial charge in [-0.05, 0) is 23.9 Å². The van der Waals surface area contributed by atoms with Gasteiger partial charge >= 0.3 is 0 Å². The monoisotopic (exact) mass is 313 g/mol. The Balaban J connectivity index is 1.87. The second-order valence-electron chi connectivity index (χ2n) is 5.11. The third-order valence-corrected chi connectivity index (χ3v) is 4.41. The first kappa shape index (κ1) is 14.8. The number of hydrogen-bond donors (Lipinski definition) is 2. The molecule has 0 aliphatic heterocycles. The average Bonchev–Trinajstić information content (AvgIpc) is 3.16. The molecule has 0 aliphatic rings. The maximum atomic E-state index is 9.24. The van der Waals surface area contributed by atoms with Crippen LogP contribution in [0, 0.1) is 6.92 Å². The summed E-state index contributed by atoms with van der Waals surface area (Å²) in [4.78, 5) is 1.27. The topological polar surface area (TPSA) is 50.1 Å². The van der Waals surface area contributed by atoms with Gasteiger partial charge in [-0.1, -0.05) is 30.3 Å². The predicted molar refractivity (Wildman–Crippen MR) is 91.1 cm³/mol. The van der Waals surface area contributed by atoms with Crippen LogP contribution in [0.15, 0.2) is 47.8 Å². The quantitative estimate of drug-likeness (QED) is 0.732. The molecule has 0 saturated carbocycles. The normalized spacial score (nSPS) is 10.8. The fourth-order valence-electron chi connectivity index (χ4n) is 2.41. The van der Waals surface area contributed by atoms with Crippen LogP contribution in [-0.4, -0.2) is 21.5 Å². The number of nitrogens with one attached hydrogen (secondary N) is 1. The van der Waals surface area contributed by atoms with Gasteiger partial charge in [-0.2, -0.15) is 5.10 Å². The van der Waals surface area contributed by atoms with E-state index in [0.717, 1.165) is 23.6 Å². The molecule has 0 bridgehead atoms. The largest absolute Gasteiger partial charge is 0.394 e. The van der Waals surface area contributed by atoms with Crippen molar-refractivity contribution < 1.29 is 5.11 Å². The number of aliphatic hydroxyl groups excluding tert-OH is 1. The summed E-state index contributed by atoms with van der Waals surface area (Å²) in [5, 5.41) is 19.4. The molecule has 0 radical (unpaired) electrons. The van der Waals surface area contributed by atoms with Crippen LogP contribution >= 0.6 is 11.3 Å². The minimum absolute atomic E-state index is 0.0720. The van der Waals surface area contributed by atoms with Gasteiger partial charge in [0.2, 0.25) is 0 Å². The van der Waals surface area contributed by atoms with Crippen molar-refractivity contribution >= 4 is 17.2 Å². The molecular weight excluding hydrogens is 294 g/mol. The molecule has 114 valence electrons. The molecular formula is C17H19N3OS. The molecule has 0 saturated heterocycles. The molecule has 2 N–H and O–H groups in total. The molecule has 4 nitrogen and oxygen atoms in total. The zero-order valence-corrected chi connectivity index (χ0v) is 13.3. The molecule has 3 rings (SSSR count). The lowest BCUT2D eigenvalue weighted by atomic mass is 10.1. The van der Waals surface area contributed by atoms with E-state index in [4.69, 9.17) is 0 Å². The second kappa shape index (κ2) is 6.77. The number of aryl methyl sites for hydroxylation is 1. The smallest absolute Gasteiger partial charge is 0.125 e. The molecule has 0 spiro atoms. The Kier molecular flexibility index (Phi) is 4.56. The lowest BCUT2D eigenvalue weighted by molar-refractivity contribution is 0.270. The first-order chi connectivity index (χ1) is 10.8. The van der Waals surface area contributed by atoms with Gasteiger partial charge in [-0.25, -0.2) is 4.68 Å². The Morgan fingerprint density at radius 2 is 2.09 bits per heavy atom. The number of aliphatic hydroxyl groups is 1. The van der Waals surface area contributed by atoms with Crippen molar-refractivity contribution in [3.63, 3.8) is 0 Å².